The molecule has 0 atom stereocenters. The van der Waals surface area contributed by atoms with Crippen molar-refractivity contribution in [2.24, 2.45) is 17.3 Å². The maximum absolute atomic E-state index is 11.2. The van der Waals surface area contributed by atoms with Gasteiger partial charge in [0.05, 0.1) is 50.8 Å². The molecule has 0 aromatic heterocycles. The number of ether oxygens (including phenoxy) is 6. The summed E-state index contributed by atoms with van der Waals surface area (Å²) in [5.74, 6) is 0.473. The van der Waals surface area contributed by atoms with Crippen LogP contribution in [0.3, 0.4) is 0 Å². The van der Waals surface area contributed by atoms with Gasteiger partial charge in [0.25, 0.3) is 0 Å². The fourth-order valence-corrected chi connectivity index (χ4v) is 6.09. The molecule has 0 aromatic carbocycles. The Balaban J connectivity index is 2.03. The van der Waals surface area contributed by atoms with E-state index in [0.717, 1.165) is 63.5 Å². The SMILES string of the molecule is C=CC(=O)OCCOCCOC1(C(C)(C)C2(OCCOCCOC(=O)C=C)CCC(C)CC2)CCC(C)CC1. The molecule has 0 amide bonds. The predicted molar refractivity (Wildman–Crippen MR) is 150 cm³/mol. The minimum absolute atomic E-state index is 0.201. The molecular weight excluding hydrogens is 500 g/mol. The van der Waals surface area contributed by atoms with Gasteiger partial charge in [-0.3, -0.25) is 0 Å². The van der Waals surface area contributed by atoms with E-state index < -0.39 is 11.9 Å². The lowest BCUT2D eigenvalue weighted by Crippen LogP contribution is -2.63. The van der Waals surface area contributed by atoms with Crippen LogP contribution in [0, 0.1) is 17.3 Å². The normalized spacial score (nSPS) is 27.5. The summed E-state index contributed by atoms with van der Waals surface area (Å²) >= 11 is 0. The average Bonchev–Trinajstić information content (AvgIpc) is 2.93. The molecule has 2 rings (SSSR count). The molecule has 2 fully saturated rings. The van der Waals surface area contributed by atoms with Crippen LogP contribution in [0.15, 0.2) is 25.3 Å². The second-order valence-electron chi connectivity index (χ2n) is 11.6. The minimum Gasteiger partial charge on any atom is -0.460 e. The molecule has 2 aliphatic rings. The van der Waals surface area contributed by atoms with Crippen LogP contribution < -0.4 is 0 Å². The summed E-state index contributed by atoms with van der Waals surface area (Å²) in [4.78, 5) is 22.4. The lowest BCUT2D eigenvalue weighted by molar-refractivity contribution is -0.252. The van der Waals surface area contributed by atoms with Crippen LogP contribution in [-0.2, 0) is 38.0 Å². The average molecular weight is 553 g/mol. The standard InChI is InChI=1S/C31H52O8/c1-7-27(32)36-21-17-34-19-23-38-30(13-9-25(3)10-14-30)29(5,6)31(15-11-26(4)12-16-31)39-24-20-35-18-22-37-28(33)8-2/h7-8,25-26H,1-2,9-24H2,3-6H3. The highest BCUT2D eigenvalue weighted by atomic mass is 16.6. The molecule has 2 saturated carbocycles. The first-order valence-electron chi connectivity index (χ1n) is 14.6. The summed E-state index contributed by atoms with van der Waals surface area (Å²) in [6.45, 7) is 19.0. The molecule has 0 aliphatic heterocycles. The van der Waals surface area contributed by atoms with Crippen LogP contribution >= 0.6 is 0 Å². The summed E-state index contributed by atoms with van der Waals surface area (Å²) in [5.41, 5.74) is -0.879. The zero-order chi connectivity index (χ0) is 28.8. The van der Waals surface area contributed by atoms with E-state index in [-0.39, 0.29) is 29.8 Å². The van der Waals surface area contributed by atoms with Crippen molar-refractivity contribution in [2.75, 3.05) is 52.9 Å². The van der Waals surface area contributed by atoms with Crippen molar-refractivity contribution in [3.63, 3.8) is 0 Å². The van der Waals surface area contributed by atoms with E-state index in [2.05, 4.69) is 40.9 Å². The van der Waals surface area contributed by atoms with Crippen molar-refractivity contribution in [1.82, 2.24) is 0 Å². The molecule has 0 heterocycles. The second kappa shape index (κ2) is 16.5. The van der Waals surface area contributed by atoms with E-state index in [0.29, 0.717) is 51.5 Å². The van der Waals surface area contributed by atoms with Crippen LogP contribution in [0.5, 0.6) is 0 Å². The lowest BCUT2D eigenvalue weighted by Gasteiger charge is -2.60. The second-order valence-corrected chi connectivity index (χ2v) is 11.6. The van der Waals surface area contributed by atoms with Crippen molar-refractivity contribution in [3.05, 3.63) is 25.3 Å². The number of rotatable bonds is 18. The fourth-order valence-electron chi connectivity index (χ4n) is 6.09. The van der Waals surface area contributed by atoms with Crippen LogP contribution in [0.4, 0.5) is 0 Å². The van der Waals surface area contributed by atoms with Crippen molar-refractivity contribution >= 4 is 11.9 Å². The molecule has 2 aliphatic carbocycles. The molecule has 0 saturated heterocycles. The number of carbonyl (C=O) groups is 2. The molecular formula is C31H52O8. The Morgan fingerprint density at radius 3 is 1.33 bits per heavy atom. The highest BCUT2D eigenvalue weighted by Gasteiger charge is 2.59. The van der Waals surface area contributed by atoms with Crippen molar-refractivity contribution in [1.29, 1.82) is 0 Å². The van der Waals surface area contributed by atoms with Gasteiger partial charge < -0.3 is 28.4 Å². The van der Waals surface area contributed by atoms with Gasteiger partial charge in [-0.1, -0.05) is 40.9 Å². The molecule has 39 heavy (non-hydrogen) atoms. The predicted octanol–water partition coefficient (Wildman–Crippen LogP) is 5.44. The molecule has 0 unspecified atom stereocenters. The summed E-state index contributed by atoms with van der Waals surface area (Å²) in [7, 11) is 0. The van der Waals surface area contributed by atoms with Crippen molar-refractivity contribution in [3.8, 4) is 0 Å². The van der Waals surface area contributed by atoms with Gasteiger partial charge in [-0.05, 0) is 63.2 Å². The Bertz CT molecular complexity index is 699. The van der Waals surface area contributed by atoms with E-state index in [9.17, 15) is 9.59 Å². The van der Waals surface area contributed by atoms with Gasteiger partial charge in [-0.2, -0.15) is 0 Å². The Hall–Kier alpha value is -1.74. The van der Waals surface area contributed by atoms with Crippen molar-refractivity contribution < 1.29 is 38.0 Å². The number of hydrogen-bond acceptors (Lipinski definition) is 8. The van der Waals surface area contributed by atoms with Gasteiger partial charge in [0.15, 0.2) is 0 Å². The summed E-state index contributed by atoms with van der Waals surface area (Å²) in [6.07, 6.45) is 10.8. The topological polar surface area (TPSA) is 89.5 Å². The van der Waals surface area contributed by atoms with Crippen molar-refractivity contribution in [2.45, 2.75) is 90.3 Å². The smallest absolute Gasteiger partial charge is 0.330 e. The number of esters is 2. The molecule has 0 radical (unpaired) electrons. The van der Waals surface area contributed by atoms with Crippen LogP contribution in [0.2, 0.25) is 0 Å². The van der Waals surface area contributed by atoms with Gasteiger partial charge in [0.1, 0.15) is 13.2 Å². The first-order chi connectivity index (χ1) is 18.6. The largest absolute Gasteiger partial charge is 0.460 e. The van der Waals surface area contributed by atoms with Crippen LogP contribution in [-0.4, -0.2) is 76.0 Å². The highest BCUT2D eigenvalue weighted by molar-refractivity contribution is 5.81. The zero-order valence-corrected chi connectivity index (χ0v) is 24.8. The fraction of sp³-hybridized carbons (Fsp3) is 0.806. The Kier molecular flexibility index (Phi) is 14.2. The Labute approximate surface area is 235 Å². The Morgan fingerprint density at radius 1 is 0.667 bits per heavy atom. The number of carbonyl (C=O) groups excluding carboxylic acids is 2. The van der Waals surface area contributed by atoms with E-state index >= 15 is 0 Å². The molecule has 0 aromatic rings. The molecule has 8 heteroatoms. The quantitative estimate of drug-likeness (QED) is 0.126. The van der Waals surface area contributed by atoms with E-state index in [4.69, 9.17) is 28.4 Å². The molecule has 0 N–H and O–H groups in total. The van der Waals surface area contributed by atoms with E-state index in [1.165, 1.54) is 0 Å². The van der Waals surface area contributed by atoms with Crippen LogP contribution in [0.25, 0.3) is 0 Å². The maximum Gasteiger partial charge on any atom is 0.330 e. The van der Waals surface area contributed by atoms with Crippen LogP contribution in [0.1, 0.15) is 79.1 Å². The molecule has 0 bridgehead atoms. The maximum atomic E-state index is 11.2. The highest BCUT2D eigenvalue weighted by Crippen LogP contribution is 2.57. The first kappa shape index (κ1) is 33.5. The van der Waals surface area contributed by atoms with Gasteiger partial charge in [-0.25, -0.2) is 9.59 Å². The monoisotopic (exact) mass is 552 g/mol. The Morgan fingerprint density at radius 2 is 1.00 bits per heavy atom. The van der Waals surface area contributed by atoms with E-state index in [1.54, 1.807) is 0 Å². The van der Waals surface area contributed by atoms with E-state index in [1.807, 2.05) is 0 Å². The van der Waals surface area contributed by atoms with Gasteiger partial charge in [0.2, 0.25) is 0 Å². The van der Waals surface area contributed by atoms with Gasteiger partial charge in [0, 0.05) is 17.6 Å². The summed E-state index contributed by atoms with van der Waals surface area (Å²) in [5, 5.41) is 0. The molecule has 224 valence electrons. The first-order valence-corrected chi connectivity index (χ1v) is 14.6. The third kappa shape index (κ3) is 9.69. The number of hydrogen-bond donors (Lipinski definition) is 0. The lowest BCUT2D eigenvalue weighted by atomic mass is 9.54. The third-order valence-corrected chi connectivity index (χ3v) is 8.93. The molecule has 8 nitrogen and oxygen atoms in total. The molecule has 0 spiro atoms. The minimum atomic E-state index is -0.444. The summed E-state index contributed by atoms with van der Waals surface area (Å²) < 4.78 is 35.0. The third-order valence-electron chi connectivity index (χ3n) is 8.93. The summed E-state index contributed by atoms with van der Waals surface area (Å²) in [6, 6.07) is 0. The van der Waals surface area contributed by atoms with Gasteiger partial charge >= 0.3 is 11.9 Å². The van der Waals surface area contributed by atoms with Gasteiger partial charge in [-0.15, -0.1) is 0 Å². The zero-order valence-electron chi connectivity index (χ0n) is 24.8.